The van der Waals surface area contributed by atoms with Crippen LogP contribution in [0, 0.1) is 11.3 Å². The summed E-state index contributed by atoms with van der Waals surface area (Å²) in [5.41, 5.74) is 1.20. The highest BCUT2D eigenvalue weighted by molar-refractivity contribution is 5.80. The number of hydrogen-bond acceptors (Lipinski definition) is 13. The minimum Gasteiger partial charge on any atom is -0.507 e. The molecular weight excluding hydrogens is 568 g/mol. The minimum atomic E-state index is -1.47. The third-order valence-electron chi connectivity index (χ3n) is 9.36. The highest BCUT2D eigenvalue weighted by Crippen LogP contribution is 2.61. The second-order valence-corrected chi connectivity index (χ2v) is 11.9. The summed E-state index contributed by atoms with van der Waals surface area (Å²) in [4.78, 5) is 13.6. The topological polar surface area (TPSA) is 183 Å². The lowest BCUT2D eigenvalue weighted by Gasteiger charge is -2.50. The van der Waals surface area contributed by atoms with Crippen LogP contribution in [0.3, 0.4) is 0 Å². The molecule has 4 heterocycles. The Morgan fingerprint density at radius 1 is 0.953 bits per heavy atom. The molecule has 0 bridgehead atoms. The zero-order chi connectivity index (χ0) is 30.2. The van der Waals surface area contributed by atoms with E-state index in [0.717, 1.165) is 0 Å². The molecule has 10 atom stereocenters. The van der Waals surface area contributed by atoms with Crippen molar-refractivity contribution in [3.8, 4) is 17.2 Å². The fourth-order valence-corrected chi connectivity index (χ4v) is 7.19. The molecule has 5 N–H and O–H groups in total. The zero-order valence-electron chi connectivity index (χ0n) is 23.5. The molecular formula is C30H34O13. The van der Waals surface area contributed by atoms with Crippen molar-refractivity contribution in [3.05, 3.63) is 52.1 Å². The van der Waals surface area contributed by atoms with Crippen LogP contribution in [0.4, 0.5) is 0 Å². The Labute approximate surface area is 246 Å². The van der Waals surface area contributed by atoms with Crippen LogP contribution in [-0.4, -0.2) is 88.5 Å². The number of benzene rings is 2. The molecule has 3 saturated heterocycles. The first kappa shape index (κ1) is 28.7. The van der Waals surface area contributed by atoms with Gasteiger partial charge in [-0.15, -0.1) is 0 Å². The van der Waals surface area contributed by atoms with E-state index in [1.807, 2.05) is 6.92 Å². The lowest BCUT2D eigenvalue weighted by Crippen LogP contribution is -2.63. The third kappa shape index (κ3) is 4.41. The van der Waals surface area contributed by atoms with E-state index in [4.69, 9.17) is 33.2 Å². The second kappa shape index (κ2) is 10.6. The fraction of sp³-hybridized carbons (Fsp3) is 0.567. The van der Waals surface area contributed by atoms with Gasteiger partial charge < -0.3 is 58.7 Å². The van der Waals surface area contributed by atoms with Gasteiger partial charge in [-0.05, 0) is 47.9 Å². The van der Waals surface area contributed by atoms with Crippen molar-refractivity contribution in [1.29, 1.82) is 0 Å². The number of ether oxygens (including phenoxy) is 7. The summed E-state index contributed by atoms with van der Waals surface area (Å²) in [6.07, 6.45) is -7.08. The monoisotopic (exact) mass is 602 g/mol. The molecule has 2 unspecified atom stereocenters. The Kier molecular flexibility index (Phi) is 7.06. The maximum absolute atomic E-state index is 13.6. The lowest BCUT2D eigenvalue weighted by molar-refractivity contribution is -0.367. The molecule has 13 nitrogen and oxygen atoms in total. The summed E-state index contributed by atoms with van der Waals surface area (Å²) in [6.45, 7) is 2.66. The number of aromatic hydroxyl groups is 1. The minimum absolute atomic E-state index is 0.00216. The van der Waals surface area contributed by atoms with Crippen LogP contribution in [-0.2, 0) is 41.7 Å². The van der Waals surface area contributed by atoms with Gasteiger partial charge in [0.25, 0.3) is 0 Å². The highest BCUT2D eigenvalue weighted by Gasteiger charge is 2.62. The number of hydrogen-bond donors (Lipinski definition) is 5. The van der Waals surface area contributed by atoms with Crippen molar-refractivity contribution in [1.82, 2.24) is 0 Å². The molecule has 0 radical (unpaired) electrons. The number of cyclic esters (lactones) is 1. The van der Waals surface area contributed by atoms with Crippen LogP contribution < -0.4 is 9.47 Å². The average Bonchev–Trinajstić information content (AvgIpc) is 3.59. The standard InChI is InChI=1S/C30H34O13/c1-12-37-9-20-26(41-12)24(34)25(35)29(42-20)43-27-17-6-19-18(39-11-40-19)5-16(17)21(22-28(36)38-10-30(22,27)2)13-3-14(7-31)23(33)15(4-13)8-32/h3-6,12,20-22,24-27,29,31-35H,7-11H2,1-2H3/t12-,20?,21-,22+,24-,25-,26-,27-,29?,30+/m1/s1. The molecule has 5 aliphatic rings. The van der Waals surface area contributed by atoms with E-state index in [1.165, 1.54) is 0 Å². The first-order chi connectivity index (χ1) is 20.6. The predicted octanol–water partition coefficient (Wildman–Crippen LogP) is 0.696. The van der Waals surface area contributed by atoms with Crippen LogP contribution in [0.15, 0.2) is 24.3 Å². The van der Waals surface area contributed by atoms with Gasteiger partial charge in [0, 0.05) is 22.5 Å². The van der Waals surface area contributed by atoms with E-state index >= 15 is 0 Å². The number of fused-ring (bicyclic) bond motifs is 4. The van der Waals surface area contributed by atoms with Crippen LogP contribution in [0.2, 0.25) is 0 Å². The van der Waals surface area contributed by atoms with E-state index in [-0.39, 0.29) is 36.9 Å². The highest BCUT2D eigenvalue weighted by atomic mass is 16.8. The zero-order valence-corrected chi connectivity index (χ0v) is 23.5. The van der Waals surface area contributed by atoms with E-state index in [0.29, 0.717) is 28.2 Å². The van der Waals surface area contributed by atoms with Gasteiger partial charge in [0.1, 0.15) is 36.8 Å². The molecule has 7 rings (SSSR count). The molecule has 0 amide bonds. The maximum atomic E-state index is 13.6. The molecule has 43 heavy (non-hydrogen) atoms. The predicted molar refractivity (Wildman–Crippen MR) is 142 cm³/mol. The largest absolute Gasteiger partial charge is 0.507 e. The van der Waals surface area contributed by atoms with Gasteiger partial charge in [-0.25, -0.2) is 0 Å². The summed E-state index contributed by atoms with van der Waals surface area (Å²) in [5, 5.41) is 52.6. The van der Waals surface area contributed by atoms with Crippen molar-refractivity contribution < 1.29 is 63.5 Å². The first-order valence-electron chi connectivity index (χ1n) is 14.2. The van der Waals surface area contributed by atoms with Crippen molar-refractivity contribution in [3.63, 3.8) is 0 Å². The normalized spacial score (nSPS) is 37.8. The van der Waals surface area contributed by atoms with Crippen LogP contribution in [0.25, 0.3) is 0 Å². The Bertz CT molecular complexity index is 1400. The Balaban J connectivity index is 1.35. The van der Waals surface area contributed by atoms with Gasteiger partial charge in [0.15, 0.2) is 24.1 Å². The Hall–Kier alpha value is -3.01. The fourth-order valence-electron chi connectivity index (χ4n) is 7.19. The van der Waals surface area contributed by atoms with Gasteiger partial charge in [-0.3, -0.25) is 4.79 Å². The van der Waals surface area contributed by atoms with Gasteiger partial charge >= 0.3 is 5.97 Å². The molecule has 232 valence electrons. The molecule has 4 aliphatic heterocycles. The number of carbonyl (C=O) groups is 1. The number of rotatable bonds is 5. The molecule has 2 aromatic rings. The summed E-state index contributed by atoms with van der Waals surface area (Å²) in [6, 6.07) is 6.74. The van der Waals surface area contributed by atoms with E-state index < -0.39 is 79.5 Å². The third-order valence-corrected chi connectivity index (χ3v) is 9.36. The molecule has 0 spiro atoms. The van der Waals surface area contributed by atoms with Gasteiger partial charge in [0.2, 0.25) is 6.79 Å². The average molecular weight is 603 g/mol. The van der Waals surface area contributed by atoms with Gasteiger partial charge in [0.05, 0.1) is 31.8 Å². The van der Waals surface area contributed by atoms with Crippen molar-refractivity contribution in [2.24, 2.45) is 11.3 Å². The van der Waals surface area contributed by atoms with Crippen molar-refractivity contribution in [2.75, 3.05) is 20.0 Å². The van der Waals surface area contributed by atoms with Crippen molar-refractivity contribution >= 4 is 5.97 Å². The number of aliphatic hydroxyl groups is 4. The van der Waals surface area contributed by atoms with Gasteiger partial charge in [-0.1, -0.05) is 6.92 Å². The molecule has 3 fully saturated rings. The molecule has 2 aromatic carbocycles. The second-order valence-electron chi connectivity index (χ2n) is 11.9. The number of carbonyl (C=O) groups excluding carboxylic acids is 1. The summed E-state index contributed by atoms with van der Waals surface area (Å²) in [5.74, 6) is -1.27. The van der Waals surface area contributed by atoms with E-state index in [1.54, 1.807) is 31.2 Å². The first-order valence-corrected chi connectivity index (χ1v) is 14.2. The molecule has 0 aromatic heterocycles. The van der Waals surface area contributed by atoms with E-state index in [9.17, 15) is 30.3 Å². The number of phenols is 1. The van der Waals surface area contributed by atoms with Crippen molar-refractivity contribution in [2.45, 2.75) is 76.1 Å². The Morgan fingerprint density at radius 3 is 2.30 bits per heavy atom. The smallest absolute Gasteiger partial charge is 0.310 e. The van der Waals surface area contributed by atoms with Crippen LogP contribution in [0.1, 0.15) is 53.7 Å². The summed E-state index contributed by atoms with van der Waals surface area (Å²) < 4.78 is 40.9. The molecule has 13 heteroatoms. The molecule has 1 aliphatic carbocycles. The lowest BCUT2D eigenvalue weighted by atomic mass is 9.58. The number of esters is 1. The molecule has 0 saturated carbocycles. The quantitative estimate of drug-likeness (QED) is 0.302. The SMILES string of the molecule is C[C@@H]1OCC2OC(O[C@@H]3c4cc5c(cc4[C@@H](c4cc(CO)c(O)c(CO)c4)[C@H]4C(=O)OC[C@]34C)OCO5)[C@H](O)[C@@H](O)[C@@H]2O1. The van der Waals surface area contributed by atoms with Gasteiger partial charge in [-0.2, -0.15) is 0 Å². The maximum Gasteiger partial charge on any atom is 0.310 e. The number of aliphatic hydroxyl groups excluding tert-OH is 4. The van der Waals surface area contributed by atoms with Crippen LogP contribution >= 0.6 is 0 Å². The van der Waals surface area contributed by atoms with E-state index in [2.05, 4.69) is 0 Å². The Morgan fingerprint density at radius 2 is 1.63 bits per heavy atom. The summed E-state index contributed by atoms with van der Waals surface area (Å²) >= 11 is 0. The van der Waals surface area contributed by atoms with Crippen LogP contribution in [0.5, 0.6) is 17.2 Å². The summed E-state index contributed by atoms with van der Waals surface area (Å²) in [7, 11) is 0.